The molecule has 1 aliphatic heterocycles. The third-order valence-corrected chi connectivity index (χ3v) is 4.79. The summed E-state index contributed by atoms with van der Waals surface area (Å²) in [4.78, 5) is 26.9. The van der Waals surface area contributed by atoms with Crippen molar-refractivity contribution in [2.45, 2.75) is 13.3 Å². The van der Waals surface area contributed by atoms with Gasteiger partial charge in [0.05, 0.1) is 5.69 Å². The molecule has 3 aromatic rings. The Bertz CT molecular complexity index is 970. The summed E-state index contributed by atoms with van der Waals surface area (Å²) < 4.78 is 13.2. The molecule has 2 aromatic heterocycles. The topological polar surface area (TPSA) is 83.0 Å². The molecule has 0 spiro atoms. The zero-order chi connectivity index (χ0) is 20.2. The first-order chi connectivity index (χ1) is 14.1. The van der Waals surface area contributed by atoms with Gasteiger partial charge in [-0.05, 0) is 37.4 Å². The van der Waals surface area contributed by atoms with Crippen LogP contribution in [0, 0.1) is 5.82 Å². The molecule has 1 N–H and O–H groups in total. The van der Waals surface area contributed by atoms with Crippen LogP contribution in [-0.4, -0.2) is 63.0 Å². The molecule has 1 fully saturated rings. The van der Waals surface area contributed by atoms with Crippen molar-refractivity contribution in [2.75, 3.05) is 43.4 Å². The average Bonchev–Trinajstić information content (AvgIpc) is 2.74. The summed E-state index contributed by atoms with van der Waals surface area (Å²) in [6.45, 7) is 5.70. The number of likely N-dealkylation sites (N-methyl/N-ethyl adjacent to an activating group) is 1. The van der Waals surface area contributed by atoms with E-state index in [0.29, 0.717) is 35.8 Å². The lowest BCUT2D eigenvalue weighted by molar-refractivity contribution is 0.311. The number of piperazine rings is 1. The highest BCUT2D eigenvalue weighted by Crippen LogP contribution is 2.20. The fourth-order valence-corrected chi connectivity index (χ4v) is 3.07. The lowest BCUT2D eigenvalue weighted by atomic mass is 10.1. The van der Waals surface area contributed by atoms with Crippen molar-refractivity contribution in [3.05, 3.63) is 48.2 Å². The fraction of sp³-hybridized carbons (Fsp3) is 0.350. The lowest BCUT2D eigenvalue weighted by Crippen LogP contribution is -2.45. The van der Waals surface area contributed by atoms with Gasteiger partial charge in [0.1, 0.15) is 11.6 Å². The summed E-state index contributed by atoms with van der Waals surface area (Å²) in [6.07, 6.45) is 2.35. The van der Waals surface area contributed by atoms with E-state index in [-0.39, 0.29) is 5.82 Å². The number of nitrogens with zero attached hydrogens (tertiary/aromatic N) is 7. The lowest BCUT2D eigenvalue weighted by Gasteiger charge is -2.32. The van der Waals surface area contributed by atoms with E-state index in [0.717, 1.165) is 31.7 Å². The predicted molar refractivity (Wildman–Crippen MR) is 110 cm³/mol. The highest BCUT2D eigenvalue weighted by atomic mass is 19.1. The van der Waals surface area contributed by atoms with Gasteiger partial charge in [-0.25, -0.2) is 14.4 Å². The number of rotatable bonds is 5. The molecular formula is C20H23FN8. The van der Waals surface area contributed by atoms with Crippen LogP contribution in [0.1, 0.15) is 12.7 Å². The van der Waals surface area contributed by atoms with Crippen LogP contribution >= 0.6 is 0 Å². The first kappa shape index (κ1) is 19.1. The smallest absolute Gasteiger partial charge is 0.234 e. The SMILES string of the molecule is CCc1nc(Nc2nccc(-c3ccc(F)cc3)n2)nc(N2CCN(C)CC2)n1. The van der Waals surface area contributed by atoms with E-state index in [1.807, 2.05) is 6.92 Å². The van der Waals surface area contributed by atoms with Crippen molar-refractivity contribution in [1.82, 2.24) is 29.8 Å². The molecule has 0 atom stereocenters. The summed E-state index contributed by atoms with van der Waals surface area (Å²) in [7, 11) is 2.11. The Kier molecular flexibility index (Phi) is 5.57. The van der Waals surface area contributed by atoms with Crippen molar-refractivity contribution >= 4 is 17.8 Å². The molecule has 1 aliphatic rings. The second-order valence-electron chi connectivity index (χ2n) is 6.92. The van der Waals surface area contributed by atoms with E-state index in [1.54, 1.807) is 24.4 Å². The second-order valence-corrected chi connectivity index (χ2v) is 6.92. The number of hydrogen-bond acceptors (Lipinski definition) is 8. The molecule has 1 saturated heterocycles. The largest absolute Gasteiger partial charge is 0.338 e. The van der Waals surface area contributed by atoms with E-state index in [1.165, 1.54) is 12.1 Å². The van der Waals surface area contributed by atoms with Crippen LogP contribution in [-0.2, 0) is 6.42 Å². The van der Waals surface area contributed by atoms with Gasteiger partial charge in [0.2, 0.25) is 17.8 Å². The Morgan fingerprint density at radius 3 is 2.41 bits per heavy atom. The van der Waals surface area contributed by atoms with Crippen molar-refractivity contribution in [2.24, 2.45) is 0 Å². The van der Waals surface area contributed by atoms with Gasteiger partial charge in [0.15, 0.2) is 0 Å². The van der Waals surface area contributed by atoms with Crippen molar-refractivity contribution in [3.63, 3.8) is 0 Å². The molecule has 1 aromatic carbocycles. The minimum atomic E-state index is -0.283. The zero-order valence-electron chi connectivity index (χ0n) is 16.5. The summed E-state index contributed by atoms with van der Waals surface area (Å²) in [5.41, 5.74) is 1.49. The number of benzene rings is 1. The van der Waals surface area contributed by atoms with Crippen LogP contribution < -0.4 is 10.2 Å². The van der Waals surface area contributed by atoms with E-state index < -0.39 is 0 Å². The second kappa shape index (κ2) is 8.44. The molecule has 4 rings (SSSR count). The number of hydrogen-bond donors (Lipinski definition) is 1. The van der Waals surface area contributed by atoms with Crippen LogP contribution in [0.3, 0.4) is 0 Å². The first-order valence-corrected chi connectivity index (χ1v) is 9.65. The normalized spacial score (nSPS) is 14.8. The zero-order valence-corrected chi connectivity index (χ0v) is 16.5. The monoisotopic (exact) mass is 394 g/mol. The standard InChI is InChI=1S/C20H23FN8/c1-3-17-24-19(27-20(25-17)29-12-10-28(2)11-13-29)26-18-22-9-8-16(23-18)14-4-6-15(21)7-5-14/h4-9H,3,10-13H2,1-2H3,(H,22,23,24,25,26,27). The van der Waals surface area contributed by atoms with Crippen molar-refractivity contribution in [3.8, 4) is 11.3 Å². The van der Waals surface area contributed by atoms with Gasteiger partial charge in [-0.15, -0.1) is 0 Å². The molecular weight excluding hydrogens is 371 g/mol. The van der Waals surface area contributed by atoms with Crippen LogP contribution in [0.25, 0.3) is 11.3 Å². The number of aryl methyl sites for hydroxylation is 1. The highest BCUT2D eigenvalue weighted by Gasteiger charge is 2.18. The summed E-state index contributed by atoms with van der Waals surface area (Å²) in [5, 5.41) is 3.09. The van der Waals surface area contributed by atoms with E-state index >= 15 is 0 Å². The maximum absolute atomic E-state index is 13.2. The Labute approximate surface area is 168 Å². The first-order valence-electron chi connectivity index (χ1n) is 9.65. The Morgan fingerprint density at radius 1 is 0.931 bits per heavy atom. The summed E-state index contributed by atoms with van der Waals surface area (Å²) in [6, 6.07) is 7.97. The highest BCUT2D eigenvalue weighted by molar-refractivity contribution is 5.60. The van der Waals surface area contributed by atoms with E-state index in [4.69, 9.17) is 0 Å². The van der Waals surface area contributed by atoms with Gasteiger partial charge in [0, 0.05) is 44.4 Å². The molecule has 0 aliphatic carbocycles. The molecule has 0 saturated carbocycles. The number of halogens is 1. The fourth-order valence-electron chi connectivity index (χ4n) is 3.07. The quantitative estimate of drug-likeness (QED) is 0.707. The van der Waals surface area contributed by atoms with Crippen LogP contribution in [0.5, 0.6) is 0 Å². The molecule has 150 valence electrons. The van der Waals surface area contributed by atoms with Gasteiger partial charge in [-0.3, -0.25) is 5.32 Å². The third kappa shape index (κ3) is 4.62. The third-order valence-electron chi connectivity index (χ3n) is 4.79. The minimum absolute atomic E-state index is 0.283. The number of nitrogens with one attached hydrogen (secondary N) is 1. The maximum atomic E-state index is 13.2. The van der Waals surface area contributed by atoms with Gasteiger partial charge in [-0.2, -0.15) is 15.0 Å². The van der Waals surface area contributed by atoms with Crippen molar-refractivity contribution in [1.29, 1.82) is 0 Å². The molecule has 0 bridgehead atoms. The molecule has 0 unspecified atom stereocenters. The Morgan fingerprint density at radius 2 is 1.69 bits per heavy atom. The molecule has 0 radical (unpaired) electrons. The molecule has 0 amide bonds. The minimum Gasteiger partial charge on any atom is -0.338 e. The molecule has 8 nitrogen and oxygen atoms in total. The number of anilines is 3. The van der Waals surface area contributed by atoms with E-state index in [2.05, 4.69) is 47.1 Å². The Balaban J connectivity index is 1.58. The van der Waals surface area contributed by atoms with E-state index in [9.17, 15) is 4.39 Å². The predicted octanol–water partition coefficient (Wildman–Crippen LogP) is 2.53. The summed E-state index contributed by atoms with van der Waals surface area (Å²) in [5.74, 6) is 1.90. The molecule has 29 heavy (non-hydrogen) atoms. The number of aromatic nitrogens is 5. The molecule has 9 heteroatoms. The van der Waals surface area contributed by atoms with Gasteiger partial charge < -0.3 is 9.80 Å². The van der Waals surface area contributed by atoms with Gasteiger partial charge >= 0.3 is 0 Å². The molecule has 3 heterocycles. The van der Waals surface area contributed by atoms with Gasteiger partial charge in [-0.1, -0.05) is 6.92 Å². The van der Waals surface area contributed by atoms with Crippen LogP contribution in [0.2, 0.25) is 0 Å². The van der Waals surface area contributed by atoms with Crippen LogP contribution in [0.15, 0.2) is 36.5 Å². The van der Waals surface area contributed by atoms with Crippen molar-refractivity contribution < 1.29 is 4.39 Å². The van der Waals surface area contributed by atoms with Gasteiger partial charge in [0.25, 0.3) is 0 Å². The summed E-state index contributed by atoms with van der Waals surface area (Å²) >= 11 is 0. The average molecular weight is 394 g/mol. The van der Waals surface area contributed by atoms with Crippen LogP contribution in [0.4, 0.5) is 22.2 Å². The maximum Gasteiger partial charge on any atom is 0.234 e. The Hall–Kier alpha value is -3.20.